The first kappa shape index (κ1) is 24.6. The minimum absolute atomic E-state index is 0.0720. The molecule has 1 N–H and O–H groups in total. The molecule has 35 heavy (non-hydrogen) atoms. The fourth-order valence-electron chi connectivity index (χ4n) is 3.57. The molecule has 182 valence electrons. The van der Waals surface area contributed by atoms with Gasteiger partial charge in [0, 0.05) is 13.6 Å². The molecule has 11 heteroatoms. The number of rotatable bonds is 9. The Bertz CT molecular complexity index is 1400. The number of para-hydroxylation sites is 2. The van der Waals surface area contributed by atoms with Gasteiger partial charge in [-0.15, -0.1) is 10.2 Å². The van der Waals surface area contributed by atoms with E-state index in [9.17, 15) is 9.59 Å². The molecule has 9 nitrogen and oxygen atoms in total. The van der Waals surface area contributed by atoms with Gasteiger partial charge in [0.1, 0.15) is 18.0 Å². The molecule has 2 aromatic carbocycles. The van der Waals surface area contributed by atoms with Crippen LogP contribution in [0.4, 0.5) is 5.69 Å². The van der Waals surface area contributed by atoms with Gasteiger partial charge in [-0.2, -0.15) is 0 Å². The average Bonchev–Trinajstić information content (AvgIpc) is 3.35. The van der Waals surface area contributed by atoms with Crippen LogP contribution >= 0.6 is 23.4 Å². The van der Waals surface area contributed by atoms with E-state index in [1.807, 2.05) is 54.0 Å². The Morgan fingerprint density at radius 2 is 1.83 bits per heavy atom. The smallest absolute Gasteiger partial charge is 0.295 e. The number of halogens is 1. The molecule has 0 fully saturated rings. The number of nitrogens with one attached hydrogen (secondary N) is 1. The second kappa shape index (κ2) is 10.8. The first-order chi connectivity index (χ1) is 16.9. The van der Waals surface area contributed by atoms with Crippen LogP contribution in [0.25, 0.3) is 5.69 Å². The second-order valence-electron chi connectivity index (χ2n) is 7.64. The molecule has 1 amide bonds. The number of hydrogen-bond donors (Lipinski definition) is 1. The molecule has 2 heterocycles. The van der Waals surface area contributed by atoms with Gasteiger partial charge in [-0.25, -0.2) is 4.68 Å². The van der Waals surface area contributed by atoms with Crippen LogP contribution in [0.2, 0.25) is 5.02 Å². The standard InChI is InChI=1S/C24H25ClN6O3S/c1-4-30-20(14-34-19-13-9-8-12-18(19)25)27-28-24(30)35-15-21(32)26-22-16(2)29(3)31(23(22)33)17-10-6-5-7-11-17/h5-13H,4,14-15H2,1-3H3,(H,26,32). The van der Waals surface area contributed by atoms with Crippen LogP contribution < -0.4 is 15.6 Å². The third-order valence-corrected chi connectivity index (χ3v) is 6.73. The van der Waals surface area contributed by atoms with Crippen LogP contribution in [0.15, 0.2) is 64.5 Å². The Labute approximate surface area is 211 Å². The number of anilines is 1. The number of carbonyl (C=O) groups is 1. The monoisotopic (exact) mass is 512 g/mol. The van der Waals surface area contributed by atoms with Crippen LogP contribution in [0, 0.1) is 6.92 Å². The van der Waals surface area contributed by atoms with Crippen molar-refractivity contribution in [1.82, 2.24) is 24.1 Å². The van der Waals surface area contributed by atoms with E-state index in [0.29, 0.717) is 34.0 Å². The number of hydrogen-bond acceptors (Lipinski definition) is 6. The number of carbonyl (C=O) groups excluding carboxylic acids is 1. The van der Waals surface area contributed by atoms with Crippen molar-refractivity contribution < 1.29 is 9.53 Å². The molecule has 0 atom stereocenters. The molecule has 0 aliphatic heterocycles. The van der Waals surface area contributed by atoms with E-state index in [2.05, 4.69) is 15.5 Å². The van der Waals surface area contributed by atoms with Crippen LogP contribution in [0.1, 0.15) is 18.4 Å². The quantitative estimate of drug-likeness (QED) is 0.340. The lowest BCUT2D eigenvalue weighted by Crippen LogP contribution is -2.23. The molecule has 0 aliphatic carbocycles. The lowest BCUT2D eigenvalue weighted by molar-refractivity contribution is -0.113. The molecular formula is C24H25ClN6O3S. The fourth-order valence-corrected chi connectivity index (χ4v) is 4.58. The molecule has 0 aliphatic rings. The first-order valence-corrected chi connectivity index (χ1v) is 12.3. The summed E-state index contributed by atoms with van der Waals surface area (Å²) in [4.78, 5) is 25.7. The zero-order chi connectivity index (χ0) is 24.9. The normalized spacial score (nSPS) is 11.0. The van der Waals surface area contributed by atoms with Crippen LogP contribution in [-0.4, -0.2) is 35.8 Å². The Morgan fingerprint density at radius 1 is 1.11 bits per heavy atom. The summed E-state index contributed by atoms with van der Waals surface area (Å²) in [5, 5.41) is 12.3. The van der Waals surface area contributed by atoms with Gasteiger partial charge in [0.05, 0.1) is 22.2 Å². The summed E-state index contributed by atoms with van der Waals surface area (Å²) < 4.78 is 10.9. The van der Waals surface area contributed by atoms with Gasteiger partial charge < -0.3 is 14.6 Å². The van der Waals surface area contributed by atoms with Crippen LogP contribution in [-0.2, 0) is 25.0 Å². The van der Waals surface area contributed by atoms with Gasteiger partial charge in [0.15, 0.2) is 11.0 Å². The van der Waals surface area contributed by atoms with E-state index in [1.165, 1.54) is 16.4 Å². The predicted molar refractivity (Wildman–Crippen MR) is 137 cm³/mol. The summed E-state index contributed by atoms with van der Waals surface area (Å²) in [6.07, 6.45) is 0. The minimum Gasteiger partial charge on any atom is -0.484 e. The zero-order valence-electron chi connectivity index (χ0n) is 19.6. The average molecular weight is 513 g/mol. The van der Waals surface area contributed by atoms with Crippen molar-refractivity contribution in [2.75, 3.05) is 11.1 Å². The second-order valence-corrected chi connectivity index (χ2v) is 8.99. The number of benzene rings is 2. The number of thioether (sulfide) groups is 1. The summed E-state index contributed by atoms with van der Waals surface area (Å²) >= 11 is 7.39. The molecule has 2 aromatic heterocycles. The number of nitrogens with zero attached hydrogens (tertiary/aromatic N) is 5. The first-order valence-electron chi connectivity index (χ1n) is 11.0. The maximum atomic E-state index is 13.0. The van der Waals surface area contributed by atoms with Crippen molar-refractivity contribution >= 4 is 35.0 Å². The third kappa shape index (κ3) is 5.28. The van der Waals surface area contributed by atoms with Gasteiger partial charge in [0.2, 0.25) is 5.91 Å². The Morgan fingerprint density at radius 3 is 2.54 bits per heavy atom. The summed E-state index contributed by atoms with van der Waals surface area (Å²) in [5.74, 6) is 0.955. The highest BCUT2D eigenvalue weighted by atomic mass is 35.5. The van der Waals surface area contributed by atoms with Gasteiger partial charge in [-0.1, -0.05) is 53.7 Å². The molecule has 4 aromatic rings. The van der Waals surface area contributed by atoms with Crippen molar-refractivity contribution in [3.63, 3.8) is 0 Å². The van der Waals surface area contributed by atoms with E-state index in [1.54, 1.807) is 30.8 Å². The molecule has 0 bridgehead atoms. The number of amides is 1. The topological polar surface area (TPSA) is 96.0 Å². The van der Waals surface area contributed by atoms with E-state index >= 15 is 0 Å². The van der Waals surface area contributed by atoms with Gasteiger partial charge >= 0.3 is 0 Å². The highest BCUT2D eigenvalue weighted by molar-refractivity contribution is 7.99. The van der Waals surface area contributed by atoms with Crippen LogP contribution in [0.3, 0.4) is 0 Å². The molecule has 0 spiro atoms. The van der Waals surface area contributed by atoms with Gasteiger partial charge in [-0.3, -0.25) is 14.3 Å². The Hall–Kier alpha value is -3.50. The predicted octanol–water partition coefficient (Wildman–Crippen LogP) is 4.06. The summed E-state index contributed by atoms with van der Waals surface area (Å²) in [6, 6.07) is 16.5. The van der Waals surface area contributed by atoms with Crippen molar-refractivity contribution in [2.45, 2.75) is 32.2 Å². The molecule has 4 rings (SSSR count). The third-order valence-electron chi connectivity index (χ3n) is 5.45. The lowest BCUT2D eigenvalue weighted by atomic mass is 10.3. The summed E-state index contributed by atoms with van der Waals surface area (Å²) in [5.41, 5.74) is 1.35. The van der Waals surface area contributed by atoms with Crippen molar-refractivity contribution in [2.24, 2.45) is 7.05 Å². The molecule has 0 saturated heterocycles. The van der Waals surface area contributed by atoms with Gasteiger partial charge in [-0.05, 0) is 38.1 Å². The molecule has 0 radical (unpaired) electrons. The molecule has 0 saturated carbocycles. The van der Waals surface area contributed by atoms with Crippen LogP contribution in [0.5, 0.6) is 5.75 Å². The molecule has 0 unspecified atom stereocenters. The maximum absolute atomic E-state index is 13.0. The van der Waals surface area contributed by atoms with E-state index in [4.69, 9.17) is 16.3 Å². The highest BCUT2D eigenvalue weighted by Gasteiger charge is 2.19. The van der Waals surface area contributed by atoms with E-state index in [0.717, 1.165) is 5.69 Å². The number of ether oxygens (including phenoxy) is 1. The Balaban J connectivity index is 1.42. The summed E-state index contributed by atoms with van der Waals surface area (Å²) in [7, 11) is 1.78. The Kier molecular flexibility index (Phi) is 7.62. The highest BCUT2D eigenvalue weighted by Crippen LogP contribution is 2.25. The summed E-state index contributed by atoms with van der Waals surface area (Å²) in [6.45, 7) is 4.56. The minimum atomic E-state index is -0.305. The van der Waals surface area contributed by atoms with Crippen molar-refractivity contribution in [1.29, 1.82) is 0 Å². The maximum Gasteiger partial charge on any atom is 0.295 e. The zero-order valence-corrected chi connectivity index (χ0v) is 21.1. The fraction of sp³-hybridized carbons (Fsp3) is 0.250. The largest absolute Gasteiger partial charge is 0.484 e. The van der Waals surface area contributed by atoms with Crippen molar-refractivity contribution in [3.05, 3.63) is 81.5 Å². The molecular weight excluding hydrogens is 488 g/mol. The van der Waals surface area contributed by atoms with Crippen molar-refractivity contribution in [3.8, 4) is 11.4 Å². The SMILES string of the molecule is CCn1c(COc2ccccc2Cl)nnc1SCC(=O)Nc1c(C)n(C)n(-c2ccccc2)c1=O. The van der Waals surface area contributed by atoms with E-state index < -0.39 is 0 Å². The number of aromatic nitrogens is 5. The van der Waals surface area contributed by atoms with Gasteiger partial charge in [0.25, 0.3) is 5.56 Å². The van der Waals surface area contributed by atoms with E-state index in [-0.39, 0.29) is 29.5 Å². The lowest BCUT2D eigenvalue weighted by Gasteiger charge is -2.09.